The first-order valence-electron chi connectivity index (χ1n) is 16.1. The molecule has 0 bridgehead atoms. The number of esters is 3. The second-order valence-electron chi connectivity index (χ2n) is 11.5. The van der Waals surface area contributed by atoms with Crippen LogP contribution in [0.5, 0.6) is 11.5 Å². The number of hydrogen-bond donors (Lipinski definition) is 0. The Morgan fingerprint density at radius 2 is 1.22 bits per heavy atom. The molecule has 1 heterocycles. The number of ether oxygens (including phenoxy) is 7. The monoisotopic (exact) mass is 682 g/mol. The Labute approximate surface area is 290 Å². The summed E-state index contributed by atoms with van der Waals surface area (Å²) in [4.78, 5) is 52.3. The third-order valence-electron chi connectivity index (χ3n) is 7.75. The van der Waals surface area contributed by atoms with Crippen LogP contribution < -0.4 is 9.47 Å². The molecule has 1 aliphatic rings. The average molecular weight is 683 g/mol. The molecule has 0 spiro atoms. The third kappa shape index (κ3) is 10.0. The summed E-state index contributed by atoms with van der Waals surface area (Å²) in [5, 5.41) is 0. The van der Waals surface area contributed by atoms with Gasteiger partial charge in [-0.1, -0.05) is 78.9 Å². The van der Waals surface area contributed by atoms with Crippen LogP contribution in [0.2, 0.25) is 0 Å². The molecule has 4 aromatic rings. The lowest BCUT2D eigenvalue weighted by molar-refractivity contribution is -0.285. The third-order valence-corrected chi connectivity index (χ3v) is 7.75. The molecule has 5 rings (SSSR count). The van der Waals surface area contributed by atoms with Gasteiger partial charge in [-0.25, -0.2) is 9.59 Å². The van der Waals surface area contributed by atoms with E-state index in [2.05, 4.69) is 0 Å². The molecule has 0 N–H and O–H groups in total. The van der Waals surface area contributed by atoms with Crippen LogP contribution in [-0.4, -0.2) is 61.5 Å². The average Bonchev–Trinajstić information content (AvgIpc) is 3.15. The maximum Gasteiger partial charge on any atom is 0.339 e. The number of hydrogen-bond acceptors (Lipinski definition) is 11. The number of rotatable bonds is 15. The van der Waals surface area contributed by atoms with E-state index in [0.717, 1.165) is 5.56 Å². The van der Waals surface area contributed by atoms with E-state index < -0.39 is 48.6 Å². The Morgan fingerprint density at radius 1 is 0.640 bits per heavy atom. The summed E-state index contributed by atoms with van der Waals surface area (Å²) in [5.74, 6) is -1.75. The Bertz CT molecular complexity index is 1690. The molecule has 50 heavy (non-hydrogen) atoms. The van der Waals surface area contributed by atoms with Gasteiger partial charge in [0.2, 0.25) is 6.29 Å². The zero-order valence-corrected chi connectivity index (χ0v) is 27.7. The number of ketones is 1. The molecule has 0 radical (unpaired) electrons. The fourth-order valence-electron chi connectivity index (χ4n) is 5.16. The maximum atomic E-state index is 13.9. The molecule has 0 unspecified atom stereocenters. The smallest absolute Gasteiger partial charge is 0.339 e. The Hall–Kier alpha value is -5.52. The topological polar surface area (TPSA) is 133 Å². The van der Waals surface area contributed by atoms with E-state index in [1.807, 2.05) is 36.4 Å². The second kappa shape index (κ2) is 17.8. The predicted molar refractivity (Wildman–Crippen MR) is 179 cm³/mol. The molecule has 11 nitrogen and oxygen atoms in total. The highest BCUT2D eigenvalue weighted by Crippen LogP contribution is 2.33. The van der Waals surface area contributed by atoms with E-state index >= 15 is 0 Å². The van der Waals surface area contributed by atoms with Gasteiger partial charge < -0.3 is 38.0 Å². The van der Waals surface area contributed by atoms with Gasteiger partial charge in [0.1, 0.15) is 30.0 Å². The van der Waals surface area contributed by atoms with Gasteiger partial charge in [0.15, 0.2) is 18.3 Å². The SMILES string of the molecule is COc1ccc(O[C@@H]2O[C@H](C(=O)OCc3ccccc3)[C@@H](OC(=O)CCC(C)=O)[C@H](OCc3ccccc3)[C@H]2OC(=O)c2ccccc2)cc1. The first-order valence-corrected chi connectivity index (χ1v) is 16.1. The van der Waals surface area contributed by atoms with Gasteiger partial charge in [0, 0.05) is 6.42 Å². The molecule has 1 aliphatic heterocycles. The molecule has 11 heteroatoms. The van der Waals surface area contributed by atoms with E-state index in [1.165, 1.54) is 14.0 Å². The number of Topliss-reactive ketones (excluding diaryl/α,β-unsaturated/α-hetero) is 1. The van der Waals surface area contributed by atoms with Crippen LogP contribution in [0.3, 0.4) is 0 Å². The van der Waals surface area contributed by atoms with Crippen molar-refractivity contribution < 1.29 is 52.3 Å². The summed E-state index contributed by atoms with van der Waals surface area (Å²) in [6.45, 7) is 1.23. The van der Waals surface area contributed by atoms with Crippen molar-refractivity contribution in [2.24, 2.45) is 0 Å². The van der Waals surface area contributed by atoms with Crippen molar-refractivity contribution >= 4 is 23.7 Å². The highest BCUT2D eigenvalue weighted by atomic mass is 16.7. The standard InChI is InChI=1S/C39H38O11/c1-26(40)18-23-32(41)48-34-33(45-24-27-12-6-3-7-13-27)36(49-37(42)29-16-10-5-11-17-29)39(47-31-21-19-30(44-2)20-22-31)50-35(34)38(43)46-25-28-14-8-4-9-15-28/h3-17,19-22,33-36,39H,18,23-25H2,1-2H3/t33-,34-,35-,36+,39+/m0/s1. The number of benzene rings is 4. The van der Waals surface area contributed by atoms with Crippen molar-refractivity contribution in [2.75, 3.05) is 7.11 Å². The van der Waals surface area contributed by atoms with Crippen LogP contribution in [0.15, 0.2) is 115 Å². The van der Waals surface area contributed by atoms with Gasteiger partial charge in [-0.05, 0) is 54.4 Å². The summed E-state index contributed by atoms with van der Waals surface area (Å²) in [7, 11) is 1.53. The highest BCUT2D eigenvalue weighted by Gasteiger charge is 2.55. The molecular formula is C39H38O11. The Kier molecular flexibility index (Phi) is 12.7. The minimum Gasteiger partial charge on any atom is -0.497 e. The van der Waals surface area contributed by atoms with Crippen LogP contribution in [0.25, 0.3) is 0 Å². The first-order chi connectivity index (χ1) is 24.3. The zero-order chi connectivity index (χ0) is 35.3. The van der Waals surface area contributed by atoms with Gasteiger partial charge >= 0.3 is 17.9 Å². The molecule has 260 valence electrons. The summed E-state index contributed by atoms with van der Waals surface area (Å²) < 4.78 is 41.7. The van der Waals surface area contributed by atoms with Gasteiger partial charge in [0.05, 0.1) is 25.7 Å². The number of methoxy groups -OCH3 is 1. The van der Waals surface area contributed by atoms with Crippen LogP contribution >= 0.6 is 0 Å². The van der Waals surface area contributed by atoms with E-state index in [0.29, 0.717) is 17.1 Å². The van der Waals surface area contributed by atoms with Crippen molar-refractivity contribution in [3.05, 3.63) is 132 Å². The summed E-state index contributed by atoms with van der Waals surface area (Å²) >= 11 is 0. The predicted octanol–water partition coefficient (Wildman–Crippen LogP) is 5.63. The van der Waals surface area contributed by atoms with E-state index in [-0.39, 0.29) is 37.4 Å². The quantitative estimate of drug-likeness (QED) is 0.114. The summed E-state index contributed by atoms with van der Waals surface area (Å²) in [6.07, 6.45) is -7.54. The van der Waals surface area contributed by atoms with Crippen molar-refractivity contribution in [3.8, 4) is 11.5 Å². The van der Waals surface area contributed by atoms with E-state index in [9.17, 15) is 19.2 Å². The molecule has 0 aromatic heterocycles. The Morgan fingerprint density at radius 3 is 1.82 bits per heavy atom. The van der Waals surface area contributed by atoms with Crippen molar-refractivity contribution in [3.63, 3.8) is 0 Å². The highest BCUT2D eigenvalue weighted by molar-refractivity contribution is 5.89. The summed E-state index contributed by atoms with van der Waals surface area (Å²) in [6, 6.07) is 33.0. The van der Waals surface area contributed by atoms with E-state index in [4.69, 9.17) is 33.2 Å². The zero-order valence-electron chi connectivity index (χ0n) is 27.7. The van der Waals surface area contributed by atoms with Crippen molar-refractivity contribution in [1.29, 1.82) is 0 Å². The largest absolute Gasteiger partial charge is 0.497 e. The van der Waals surface area contributed by atoms with Gasteiger partial charge in [-0.2, -0.15) is 0 Å². The fourth-order valence-corrected chi connectivity index (χ4v) is 5.16. The maximum absolute atomic E-state index is 13.9. The lowest BCUT2D eigenvalue weighted by Crippen LogP contribution is -2.64. The fraction of sp³-hybridized carbons (Fsp3) is 0.282. The van der Waals surface area contributed by atoms with Crippen molar-refractivity contribution in [2.45, 2.75) is 63.7 Å². The lowest BCUT2D eigenvalue weighted by Gasteiger charge is -2.44. The van der Waals surface area contributed by atoms with Crippen LogP contribution in [-0.2, 0) is 51.3 Å². The van der Waals surface area contributed by atoms with Gasteiger partial charge in [0.25, 0.3) is 0 Å². The lowest BCUT2D eigenvalue weighted by atomic mass is 9.97. The van der Waals surface area contributed by atoms with Crippen LogP contribution in [0.1, 0.15) is 41.3 Å². The normalized spacial score (nSPS) is 19.8. The van der Waals surface area contributed by atoms with E-state index in [1.54, 1.807) is 78.9 Å². The molecule has 0 amide bonds. The molecule has 0 aliphatic carbocycles. The first kappa shape index (κ1) is 35.8. The summed E-state index contributed by atoms with van der Waals surface area (Å²) in [5.41, 5.74) is 1.70. The molecule has 1 saturated heterocycles. The molecular weight excluding hydrogens is 644 g/mol. The second-order valence-corrected chi connectivity index (χ2v) is 11.5. The van der Waals surface area contributed by atoms with Gasteiger partial charge in [-0.3, -0.25) is 4.79 Å². The molecule has 0 saturated carbocycles. The minimum atomic E-state index is -1.59. The van der Waals surface area contributed by atoms with Crippen molar-refractivity contribution in [1.82, 2.24) is 0 Å². The Balaban J connectivity index is 1.54. The minimum absolute atomic E-state index is 0.0204. The van der Waals surface area contributed by atoms with Gasteiger partial charge in [-0.15, -0.1) is 0 Å². The van der Waals surface area contributed by atoms with Crippen LogP contribution in [0.4, 0.5) is 0 Å². The number of carbonyl (C=O) groups is 4. The molecule has 4 aromatic carbocycles. The van der Waals surface area contributed by atoms with Crippen LogP contribution in [0, 0.1) is 0 Å². The number of carbonyl (C=O) groups excluding carboxylic acids is 4. The molecule has 5 atom stereocenters. The molecule has 1 fully saturated rings.